The number of carbonyl (C=O) groups excluding carboxylic acids is 1. The molecule has 0 saturated heterocycles. The number of carbonyl (C=O) groups is 1. The molecule has 1 aromatic carbocycles. The summed E-state index contributed by atoms with van der Waals surface area (Å²) in [6.45, 7) is 3.82. The summed E-state index contributed by atoms with van der Waals surface area (Å²) >= 11 is 11.8. The molecule has 25 heavy (non-hydrogen) atoms. The highest BCUT2D eigenvalue weighted by Crippen LogP contribution is 2.25. The summed E-state index contributed by atoms with van der Waals surface area (Å²) in [7, 11) is 0. The number of urea groups is 1. The number of hydrogen-bond acceptors (Lipinski definition) is 4. The van der Waals surface area contributed by atoms with Gasteiger partial charge in [-0.05, 0) is 38.1 Å². The van der Waals surface area contributed by atoms with Gasteiger partial charge < -0.3 is 5.32 Å². The van der Waals surface area contributed by atoms with Gasteiger partial charge in [-0.1, -0.05) is 23.2 Å². The zero-order valence-electron chi connectivity index (χ0n) is 13.4. The Morgan fingerprint density at radius 1 is 1.04 bits per heavy atom. The largest absolute Gasteiger partial charge is 0.324 e. The fraction of sp³-hybridized carbons (Fsp3) is 0.125. The van der Waals surface area contributed by atoms with Crippen LogP contribution in [0.15, 0.2) is 36.7 Å². The van der Waals surface area contributed by atoms with E-state index in [1.807, 2.05) is 19.9 Å². The van der Waals surface area contributed by atoms with E-state index in [4.69, 9.17) is 23.2 Å². The Hall–Kier alpha value is -2.64. The average molecular weight is 377 g/mol. The van der Waals surface area contributed by atoms with E-state index in [9.17, 15) is 4.79 Å². The van der Waals surface area contributed by atoms with Crippen LogP contribution in [0, 0.1) is 13.8 Å². The molecule has 2 amide bonds. The lowest BCUT2D eigenvalue weighted by Crippen LogP contribution is -2.20. The molecule has 0 spiro atoms. The maximum atomic E-state index is 12.1. The summed E-state index contributed by atoms with van der Waals surface area (Å²) in [6.07, 6.45) is 1.36. The van der Waals surface area contributed by atoms with Crippen molar-refractivity contribution in [2.75, 3.05) is 10.6 Å². The molecule has 128 valence electrons. The van der Waals surface area contributed by atoms with E-state index in [1.165, 1.54) is 6.33 Å². The van der Waals surface area contributed by atoms with Crippen molar-refractivity contribution in [3.8, 4) is 5.82 Å². The van der Waals surface area contributed by atoms with Gasteiger partial charge in [-0.2, -0.15) is 5.10 Å². The highest BCUT2D eigenvalue weighted by molar-refractivity contribution is 6.42. The predicted molar refractivity (Wildman–Crippen MR) is 97.7 cm³/mol. The van der Waals surface area contributed by atoms with Crippen LogP contribution < -0.4 is 10.6 Å². The van der Waals surface area contributed by atoms with Crippen LogP contribution >= 0.6 is 23.2 Å². The molecule has 2 N–H and O–H groups in total. The Bertz CT molecular complexity index is 940. The molecular weight excluding hydrogens is 363 g/mol. The highest BCUT2D eigenvalue weighted by Gasteiger charge is 2.09. The minimum absolute atomic E-state index is 0.343. The molecule has 9 heteroatoms. The van der Waals surface area contributed by atoms with Gasteiger partial charge in [0.15, 0.2) is 5.82 Å². The Morgan fingerprint density at radius 2 is 1.84 bits per heavy atom. The zero-order chi connectivity index (χ0) is 18.0. The summed E-state index contributed by atoms with van der Waals surface area (Å²) in [6, 6.07) is 7.92. The second-order valence-corrected chi connectivity index (χ2v) is 6.12. The van der Waals surface area contributed by atoms with Crippen LogP contribution in [0.25, 0.3) is 5.82 Å². The van der Waals surface area contributed by atoms with Crippen molar-refractivity contribution in [1.29, 1.82) is 0 Å². The summed E-state index contributed by atoms with van der Waals surface area (Å²) in [5, 5.41) is 10.4. The van der Waals surface area contributed by atoms with Crippen molar-refractivity contribution in [3.63, 3.8) is 0 Å². The van der Waals surface area contributed by atoms with Gasteiger partial charge in [-0.25, -0.2) is 19.4 Å². The van der Waals surface area contributed by atoms with E-state index < -0.39 is 6.03 Å². The number of anilines is 2. The Morgan fingerprint density at radius 3 is 2.52 bits per heavy atom. The van der Waals surface area contributed by atoms with Crippen molar-refractivity contribution in [3.05, 3.63) is 58.1 Å². The maximum Gasteiger partial charge on any atom is 0.324 e. The van der Waals surface area contributed by atoms with Gasteiger partial charge in [0.2, 0.25) is 0 Å². The molecule has 0 aliphatic carbocycles. The number of amides is 2. The lowest BCUT2D eigenvalue weighted by Gasteiger charge is -2.09. The normalized spacial score (nSPS) is 10.6. The first kappa shape index (κ1) is 17.2. The van der Waals surface area contributed by atoms with E-state index in [2.05, 4.69) is 25.7 Å². The van der Waals surface area contributed by atoms with Crippen LogP contribution in [-0.4, -0.2) is 25.8 Å². The first-order valence-corrected chi connectivity index (χ1v) is 8.07. The number of rotatable bonds is 3. The minimum Gasteiger partial charge on any atom is -0.308 e. The van der Waals surface area contributed by atoms with Gasteiger partial charge in [0.1, 0.15) is 12.1 Å². The summed E-state index contributed by atoms with van der Waals surface area (Å²) in [5.74, 6) is 0.903. The van der Waals surface area contributed by atoms with Gasteiger partial charge in [0, 0.05) is 17.4 Å². The molecule has 0 unspecified atom stereocenters. The third kappa shape index (κ3) is 4.07. The third-order valence-corrected chi connectivity index (χ3v) is 4.04. The fourth-order valence-electron chi connectivity index (χ4n) is 2.24. The lowest BCUT2D eigenvalue weighted by molar-refractivity contribution is 0.262. The fourth-order valence-corrected chi connectivity index (χ4v) is 2.54. The smallest absolute Gasteiger partial charge is 0.308 e. The molecule has 0 saturated carbocycles. The topological polar surface area (TPSA) is 84.7 Å². The SMILES string of the molecule is Cc1cc(C)n(-c2cc(NC(=O)Nc3ccc(Cl)c(Cl)c3)ncn2)n1. The second-order valence-electron chi connectivity index (χ2n) is 5.31. The minimum atomic E-state index is -0.462. The molecule has 0 aliphatic rings. The summed E-state index contributed by atoms with van der Waals surface area (Å²) in [4.78, 5) is 20.3. The predicted octanol–water partition coefficient (Wildman–Crippen LogP) is 4.23. The van der Waals surface area contributed by atoms with Crippen LogP contribution in [0.5, 0.6) is 0 Å². The van der Waals surface area contributed by atoms with Gasteiger partial charge in [-0.15, -0.1) is 0 Å². The number of benzene rings is 1. The zero-order valence-corrected chi connectivity index (χ0v) is 14.9. The molecule has 2 aromatic heterocycles. The molecule has 7 nitrogen and oxygen atoms in total. The molecule has 0 aliphatic heterocycles. The number of nitrogens with zero attached hydrogens (tertiary/aromatic N) is 4. The Balaban J connectivity index is 1.74. The molecular formula is C16H14Cl2N6O. The molecule has 3 aromatic rings. The van der Waals surface area contributed by atoms with Gasteiger partial charge >= 0.3 is 6.03 Å². The quantitative estimate of drug-likeness (QED) is 0.715. The molecule has 0 fully saturated rings. The first-order valence-electron chi connectivity index (χ1n) is 7.31. The summed E-state index contributed by atoms with van der Waals surface area (Å²) < 4.78 is 1.68. The van der Waals surface area contributed by atoms with Crippen molar-refractivity contribution < 1.29 is 4.79 Å². The van der Waals surface area contributed by atoms with Gasteiger partial charge in [0.25, 0.3) is 0 Å². The van der Waals surface area contributed by atoms with Crippen LogP contribution in [0.3, 0.4) is 0 Å². The molecule has 0 bridgehead atoms. The molecule has 3 rings (SSSR count). The maximum absolute atomic E-state index is 12.1. The first-order chi connectivity index (χ1) is 11.9. The van der Waals surface area contributed by atoms with E-state index in [1.54, 1.807) is 28.9 Å². The van der Waals surface area contributed by atoms with Gasteiger partial charge in [0.05, 0.1) is 15.7 Å². The molecule has 0 radical (unpaired) electrons. The van der Waals surface area contributed by atoms with E-state index in [0.717, 1.165) is 11.4 Å². The second kappa shape index (κ2) is 7.08. The average Bonchev–Trinajstić information content (AvgIpc) is 2.90. The number of halogens is 2. The number of hydrogen-bond donors (Lipinski definition) is 2. The van der Waals surface area contributed by atoms with E-state index in [0.29, 0.717) is 27.4 Å². The third-order valence-electron chi connectivity index (χ3n) is 3.30. The summed E-state index contributed by atoms with van der Waals surface area (Å²) in [5.41, 5.74) is 2.32. The Kier molecular flexibility index (Phi) is 4.87. The van der Waals surface area contributed by atoms with Crippen LogP contribution in [-0.2, 0) is 0 Å². The lowest BCUT2D eigenvalue weighted by atomic mass is 10.3. The van der Waals surface area contributed by atoms with E-state index >= 15 is 0 Å². The number of aryl methyl sites for hydroxylation is 2. The van der Waals surface area contributed by atoms with Crippen LogP contribution in [0.1, 0.15) is 11.4 Å². The van der Waals surface area contributed by atoms with E-state index in [-0.39, 0.29) is 0 Å². The van der Waals surface area contributed by atoms with Crippen molar-refractivity contribution >= 4 is 40.7 Å². The van der Waals surface area contributed by atoms with Crippen molar-refractivity contribution in [2.24, 2.45) is 0 Å². The molecule has 2 heterocycles. The van der Waals surface area contributed by atoms with Crippen molar-refractivity contribution in [2.45, 2.75) is 13.8 Å². The number of nitrogens with one attached hydrogen (secondary N) is 2. The van der Waals surface area contributed by atoms with Crippen LogP contribution in [0.2, 0.25) is 10.0 Å². The van der Waals surface area contributed by atoms with Crippen molar-refractivity contribution in [1.82, 2.24) is 19.7 Å². The highest BCUT2D eigenvalue weighted by atomic mass is 35.5. The molecule has 0 atom stereocenters. The van der Waals surface area contributed by atoms with Gasteiger partial charge in [-0.3, -0.25) is 5.32 Å². The number of aromatic nitrogens is 4. The standard InChI is InChI=1S/C16H14Cl2N6O/c1-9-5-10(2)24(23-9)15-7-14(19-8-20-15)22-16(25)21-11-3-4-12(17)13(18)6-11/h3-8H,1-2H3,(H2,19,20,21,22,25). The Labute approximate surface area is 154 Å². The van der Waals surface area contributed by atoms with Crippen LogP contribution in [0.4, 0.5) is 16.3 Å². The monoisotopic (exact) mass is 376 g/mol.